The van der Waals surface area contributed by atoms with Crippen LogP contribution in [0.15, 0.2) is 18.2 Å². The third kappa shape index (κ3) is 4.99. The SMILES string of the molecule is COc1ccc(C(=O)NCC(N2CCNCC2)C(F)(F)F)c(OC)c1. The number of ether oxygens (including phenoxy) is 2. The molecule has 1 atom stereocenters. The van der Waals surface area contributed by atoms with Crippen molar-refractivity contribution in [3.63, 3.8) is 0 Å². The maximum Gasteiger partial charge on any atom is 0.405 e. The van der Waals surface area contributed by atoms with Crippen LogP contribution in [0.5, 0.6) is 11.5 Å². The number of piperazine rings is 1. The number of carbonyl (C=O) groups excluding carboxylic acids is 1. The third-order valence-corrected chi connectivity index (χ3v) is 4.08. The minimum atomic E-state index is -4.42. The average molecular weight is 361 g/mol. The molecule has 0 spiro atoms. The number of hydrogen-bond donors (Lipinski definition) is 2. The molecule has 1 heterocycles. The molecule has 1 fully saturated rings. The Balaban J connectivity index is 2.08. The Morgan fingerprint density at radius 3 is 2.52 bits per heavy atom. The summed E-state index contributed by atoms with van der Waals surface area (Å²) in [6, 6.07) is 2.80. The molecule has 140 valence electrons. The molecule has 0 aliphatic carbocycles. The Morgan fingerprint density at radius 1 is 1.28 bits per heavy atom. The Labute approximate surface area is 144 Å². The fraction of sp³-hybridized carbons (Fsp3) is 0.562. The molecular weight excluding hydrogens is 339 g/mol. The lowest BCUT2D eigenvalue weighted by molar-refractivity contribution is -0.183. The van der Waals surface area contributed by atoms with Crippen LogP contribution in [0.25, 0.3) is 0 Å². The second-order valence-electron chi connectivity index (χ2n) is 5.62. The zero-order valence-corrected chi connectivity index (χ0v) is 14.2. The average Bonchev–Trinajstić information content (AvgIpc) is 2.60. The summed E-state index contributed by atoms with van der Waals surface area (Å²) in [7, 11) is 2.85. The van der Waals surface area contributed by atoms with E-state index in [4.69, 9.17) is 9.47 Å². The topological polar surface area (TPSA) is 62.8 Å². The maximum atomic E-state index is 13.3. The number of rotatable bonds is 6. The van der Waals surface area contributed by atoms with Gasteiger partial charge in [0.05, 0.1) is 19.8 Å². The van der Waals surface area contributed by atoms with E-state index in [1.165, 1.54) is 31.3 Å². The van der Waals surface area contributed by atoms with Gasteiger partial charge in [-0.3, -0.25) is 9.69 Å². The molecule has 1 aliphatic rings. The van der Waals surface area contributed by atoms with Crippen molar-refractivity contribution in [1.29, 1.82) is 0 Å². The molecule has 0 bridgehead atoms. The lowest BCUT2D eigenvalue weighted by Crippen LogP contribution is -2.57. The summed E-state index contributed by atoms with van der Waals surface area (Å²) in [5.74, 6) is 0.105. The molecule has 25 heavy (non-hydrogen) atoms. The first-order valence-corrected chi connectivity index (χ1v) is 7.88. The molecule has 1 saturated heterocycles. The van der Waals surface area contributed by atoms with E-state index in [0.29, 0.717) is 18.8 Å². The zero-order valence-electron chi connectivity index (χ0n) is 14.2. The van der Waals surface area contributed by atoms with Gasteiger partial charge >= 0.3 is 6.18 Å². The summed E-state index contributed by atoms with van der Waals surface area (Å²) in [5, 5.41) is 5.39. The highest BCUT2D eigenvalue weighted by molar-refractivity contribution is 5.97. The molecular formula is C16H22F3N3O3. The fourth-order valence-corrected chi connectivity index (χ4v) is 2.72. The Bertz CT molecular complexity index is 590. The van der Waals surface area contributed by atoms with E-state index in [2.05, 4.69) is 10.6 Å². The first-order valence-electron chi connectivity index (χ1n) is 7.88. The summed E-state index contributed by atoms with van der Waals surface area (Å²) in [4.78, 5) is 13.6. The van der Waals surface area contributed by atoms with E-state index in [0.717, 1.165) is 0 Å². The van der Waals surface area contributed by atoms with Crippen molar-refractivity contribution in [1.82, 2.24) is 15.5 Å². The Hall–Kier alpha value is -2.00. The molecule has 1 amide bonds. The lowest BCUT2D eigenvalue weighted by atomic mass is 10.1. The summed E-state index contributed by atoms with van der Waals surface area (Å²) < 4.78 is 50.2. The van der Waals surface area contributed by atoms with Crippen molar-refractivity contribution in [3.05, 3.63) is 23.8 Å². The van der Waals surface area contributed by atoms with E-state index in [9.17, 15) is 18.0 Å². The van der Waals surface area contributed by atoms with Gasteiger partial charge in [0.1, 0.15) is 17.5 Å². The highest BCUT2D eigenvalue weighted by Gasteiger charge is 2.43. The number of amides is 1. The van der Waals surface area contributed by atoms with Crippen LogP contribution in [0.1, 0.15) is 10.4 Å². The molecule has 1 aliphatic heterocycles. The van der Waals surface area contributed by atoms with Gasteiger partial charge in [0, 0.05) is 38.8 Å². The van der Waals surface area contributed by atoms with Gasteiger partial charge < -0.3 is 20.1 Å². The second kappa shape index (κ2) is 8.39. The van der Waals surface area contributed by atoms with Crippen molar-refractivity contribution < 1.29 is 27.4 Å². The largest absolute Gasteiger partial charge is 0.497 e. The minimum absolute atomic E-state index is 0.157. The minimum Gasteiger partial charge on any atom is -0.497 e. The monoisotopic (exact) mass is 361 g/mol. The van der Waals surface area contributed by atoms with Gasteiger partial charge in [-0.1, -0.05) is 0 Å². The van der Waals surface area contributed by atoms with Crippen LogP contribution < -0.4 is 20.1 Å². The molecule has 0 radical (unpaired) electrons. The molecule has 1 aromatic rings. The summed E-state index contributed by atoms with van der Waals surface area (Å²) in [6.07, 6.45) is -4.42. The number of hydrogen-bond acceptors (Lipinski definition) is 5. The van der Waals surface area contributed by atoms with Crippen molar-refractivity contribution in [2.45, 2.75) is 12.2 Å². The number of nitrogens with one attached hydrogen (secondary N) is 2. The van der Waals surface area contributed by atoms with E-state index < -0.39 is 24.7 Å². The Morgan fingerprint density at radius 2 is 1.96 bits per heavy atom. The first-order chi connectivity index (χ1) is 11.9. The van der Waals surface area contributed by atoms with Gasteiger partial charge in [0.25, 0.3) is 5.91 Å². The Kier molecular flexibility index (Phi) is 6.49. The molecule has 0 aromatic heterocycles. The van der Waals surface area contributed by atoms with Crippen LogP contribution in [0.4, 0.5) is 13.2 Å². The number of alkyl halides is 3. The molecule has 1 aromatic carbocycles. The van der Waals surface area contributed by atoms with Gasteiger partial charge in [-0.15, -0.1) is 0 Å². The van der Waals surface area contributed by atoms with Gasteiger partial charge in [-0.05, 0) is 12.1 Å². The number of nitrogens with zero attached hydrogens (tertiary/aromatic N) is 1. The van der Waals surface area contributed by atoms with Crippen LogP contribution in [0.2, 0.25) is 0 Å². The highest BCUT2D eigenvalue weighted by atomic mass is 19.4. The highest BCUT2D eigenvalue weighted by Crippen LogP contribution is 2.26. The number of benzene rings is 1. The molecule has 6 nitrogen and oxygen atoms in total. The number of carbonyl (C=O) groups is 1. The van der Waals surface area contributed by atoms with E-state index in [1.807, 2.05) is 0 Å². The first kappa shape index (κ1) is 19.3. The second-order valence-corrected chi connectivity index (χ2v) is 5.62. The van der Waals surface area contributed by atoms with Gasteiger partial charge in [0.2, 0.25) is 0 Å². The van der Waals surface area contributed by atoms with Crippen molar-refractivity contribution >= 4 is 5.91 Å². The predicted molar refractivity (Wildman–Crippen MR) is 86.2 cm³/mol. The van der Waals surface area contributed by atoms with Crippen molar-refractivity contribution in [3.8, 4) is 11.5 Å². The van der Waals surface area contributed by atoms with Crippen LogP contribution in [-0.4, -0.2) is 70.0 Å². The number of methoxy groups -OCH3 is 2. The predicted octanol–water partition coefficient (Wildman–Crippen LogP) is 1.27. The van der Waals surface area contributed by atoms with Crippen LogP contribution in [0, 0.1) is 0 Å². The van der Waals surface area contributed by atoms with E-state index in [1.54, 1.807) is 6.07 Å². The standard InChI is InChI=1S/C16H22F3N3O3/c1-24-11-3-4-12(13(9-11)25-2)15(23)21-10-14(16(17,18)19)22-7-5-20-6-8-22/h3-4,9,14,20H,5-8,10H2,1-2H3,(H,21,23). The summed E-state index contributed by atoms with van der Waals surface area (Å²) in [6.45, 7) is 1.04. The molecule has 1 unspecified atom stereocenters. The molecule has 9 heteroatoms. The summed E-state index contributed by atoms with van der Waals surface area (Å²) in [5.41, 5.74) is 0.157. The molecule has 2 N–H and O–H groups in total. The third-order valence-electron chi connectivity index (χ3n) is 4.08. The molecule has 0 saturated carbocycles. The van der Waals surface area contributed by atoms with E-state index in [-0.39, 0.29) is 24.4 Å². The molecule has 2 rings (SSSR count). The van der Waals surface area contributed by atoms with Crippen LogP contribution in [-0.2, 0) is 0 Å². The lowest BCUT2D eigenvalue weighted by Gasteiger charge is -2.35. The normalized spacial score (nSPS) is 17.0. The van der Waals surface area contributed by atoms with Crippen LogP contribution >= 0.6 is 0 Å². The van der Waals surface area contributed by atoms with E-state index >= 15 is 0 Å². The summed E-state index contributed by atoms with van der Waals surface area (Å²) >= 11 is 0. The smallest absolute Gasteiger partial charge is 0.405 e. The zero-order chi connectivity index (χ0) is 18.4. The van der Waals surface area contributed by atoms with Gasteiger partial charge in [0.15, 0.2) is 0 Å². The fourth-order valence-electron chi connectivity index (χ4n) is 2.72. The van der Waals surface area contributed by atoms with Gasteiger partial charge in [-0.2, -0.15) is 13.2 Å². The number of halogens is 3. The van der Waals surface area contributed by atoms with Crippen LogP contribution in [0.3, 0.4) is 0 Å². The quantitative estimate of drug-likeness (QED) is 0.799. The maximum absolute atomic E-state index is 13.3. The van der Waals surface area contributed by atoms with Crippen molar-refractivity contribution in [2.24, 2.45) is 0 Å². The van der Waals surface area contributed by atoms with Gasteiger partial charge in [-0.25, -0.2) is 0 Å². The van der Waals surface area contributed by atoms with Crippen molar-refractivity contribution in [2.75, 3.05) is 46.9 Å².